The van der Waals surface area contributed by atoms with Gasteiger partial charge in [-0.15, -0.1) is 11.3 Å². The topological polar surface area (TPSA) is 55.1 Å². The largest absolute Gasteiger partial charge is 0.398 e. The minimum Gasteiger partial charge on any atom is -0.398 e. The first-order chi connectivity index (χ1) is 7.77. The summed E-state index contributed by atoms with van der Waals surface area (Å²) in [6.07, 6.45) is 0. The molecule has 1 aromatic carbocycles. The molecule has 2 aromatic rings. The van der Waals surface area contributed by atoms with Gasteiger partial charge in [-0.25, -0.2) is 0 Å². The van der Waals surface area contributed by atoms with Crippen molar-refractivity contribution in [3.8, 4) is 10.4 Å². The number of nitrogens with one attached hydrogen (secondary N) is 1. The van der Waals surface area contributed by atoms with E-state index in [2.05, 4.69) is 11.4 Å². The van der Waals surface area contributed by atoms with Crippen molar-refractivity contribution in [1.82, 2.24) is 5.32 Å². The van der Waals surface area contributed by atoms with Gasteiger partial charge in [0, 0.05) is 17.1 Å². The van der Waals surface area contributed by atoms with Crippen LogP contribution in [0.3, 0.4) is 0 Å². The molecule has 0 saturated heterocycles. The van der Waals surface area contributed by atoms with Crippen LogP contribution >= 0.6 is 11.3 Å². The van der Waals surface area contributed by atoms with Crippen LogP contribution in [-0.4, -0.2) is 5.91 Å². The first kappa shape index (κ1) is 9.42. The Balaban J connectivity index is 2.26. The summed E-state index contributed by atoms with van der Waals surface area (Å²) in [6.45, 7) is 0.576. The lowest BCUT2D eigenvalue weighted by Gasteiger charge is -2.06. The minimum atomic E-state index is -0.0640. The van der Waals surface area contributed by atoms with Gasteiger partial charge in [0.2, 0.25) is 0 Å². The Kier molecular flexibility index (Phi) is 1.97. The van der Waals surface area contributed by atoms with Crippen LogP contribution in [0.2, 0.25) is 0 Å². The average molecular weight is 230 g/mol. The van der Waals surface area contributed by atoms with Crippen LogP contribution in [0.4, 0.5) is 5.69 Å². The lowest BCUT2D eigenvalue weighted by Crippen LogP contribution is -2.13. The van der Waals surface area contributed by atoms with Crippen LogP contribution in [0.5, 0.6) is 0 Å². The van der Waals surface area contributed by atoms with Crippen LogP contribution < -0.4 is 11.1 Å². The molecule has 3 N–H and O–H groups in total. The molecule has 80 valence electrons. The van der Waals surface area contributed by atoms with Crippen LogP contribution in [0, 0.1) is 0 Å². The molecule has 1 aromatic heterocycles. The second kappa shape index (κ2) is 3.35. The summed E-state index contributed by atoms with van der Waals surface area (Å²) in [7, 11) is 0. The lowest BCUT2D eigenvalue weighted by molar-refractivity contribution is 0.0966. The maximum atomic E-state index is 11.6. The summed E-state index contributed by atoms with van der Waals surface area (Å²) in [4.78, 5) is 12.8. The number of fused-ring (bicyclic) bond motifs is 1. The van der Waals surface area contributed by atoms with E-state index in [0.717, 1.165) is 11.1 Å². The van der Waals surface area contributed by atoms with Crippen LogP contribution in [-0.2, 0) is 6.54 Å². The fourth-order valence-corrected chi connectivity index (χ4v) is 2.82. The molecule has 0 radical (unpaired) electrons. The number of hydrogen-bond donors (Lipinski definition) is 2. The zero-order valence-corrected chi connectivity index (χ0v) is 9.30. The normalized spacial score (nSPS) is 13.6. The van der Waals surface area contributed by atoms with Gasteiger partial charge in [-0.3, -0.25) is 4.79 Å². The number of nitrogen functional groups attached to an aromatic ring is 1. The molecule has 0 bridgehead atoms. The number of nitrogens with two attached hydrogens (primary N) is 1. The third kappa shape index (κ3) is 1.23. The van der Waals surface area contributed by atoms with E-state index >= 15 is 0 Å². The standard InChI is InChI=1S/C12H10N2OS/c13-9-4-3-7(10-2-1-5-16-10)8-6-14-12(15)11(8)9/h1-5H,6,13H2,(H,14,15). The van der Waals surface area contributed by atoms with E-state index in [9.17, 15) is 4.79 Å². The van der Waals surface area contributed by atoms with E-state index in [1.807, 2.05) is 17.5 Å². The molecule has 1 aliphatic heterocycles. The SMILES string of the molecule is Nc1ccc(-c2cccs2)c2c1C(=O)NC2. The molecule has 0 unspecified atom stereocenters. The molecule has 0 atom stereocenters. The summed E-state index contributed by atoms with van der Waals surface area (Å²) in [5, 5.41) is 4.84. The quantitative estimate of drug-likeness (QED) is 0.738. The molecule has 16 heavy (non-hydrogen) atoms. The highest BCUT2D eigenvalue weighted by molar-refractivity contribution is 7.13. The molecule has 1 aliphatic rings. The van der Waals surface area contributed by atoms with Gasteiger partial charge in [0.15, 0.2) is 0 Å². The molecule has 0 aliphatic carbocycles. The number of hydrogen-bond acceptors (Lipinski definition) is 3. The van der Waals surface area contributed by atoms with E-state index < -0.39 is 0 Å². The third-order valence-electron chi connectivity index (χ3n) is 2.78. The molecule has 3 nitrogen and oxygen atoms in total. The van der Waals surface area contributed by atoms with E-state index in [-0.39, 0.29) is 5.91 Å². The molecule has 0 saturated carbocycles. The smallest absolute Gasteiger partial charge is 0.254 e. The number of carbonyl (C=O) groups excluding carboxylic acids is 1. The fourth-order valence-electron chi connectivity index (χ4n) is 2.04. The van der Waals surface area contributed by atoms with Crippen LogP contribution in [0.1, 0.15) is 15.9 Å². The van der Waals surface area contributed by atoms with Gasteiger partial charge >= 0.3 is 0 Å². The second-order valence-electron chi connectivity index (χ2n) is 3.72. The molecule has 4 heteroatoms. The van der Waals surface area contributed by atoms with Crippen molar-refractivity contribution >= 4 is 22.9 Å². The van der Waals surface area contributed by atoms with Gasteiger partial charge in [0.1, 0.15) is 0 Å². The summed E-state index contributed by atoms with van der Waals surface area (Å²) in [6, 6.07) is 7.85. The predicted octanol–water partition coefficient (Wildman–Crippen LogP) is 2.24. The molecular weight excluding hydrogens is 220 g/mol. The van der Waals surface area contributed by atoms with Crippen LogP contribution in [0.15, 0.2) is 29.6 Å². The lowest BCUT2D eigenvalue weighted by atomic mass is 10.0. The van der Waals surface area contributed by atoms with Crippen molar-refractivity contribution in [2.75, 3.05) is 5.73 Å². The zero-order chi connectivity index (χ0) is 11.1. The Hall–Kier alpha value is -1.81. The Morgan fingerprint density at radius 2 is 2.19 bits per heavy atom. The van der Waals surface area contributed by atoms with Gasteiger partial charge < -0.3 is 11.1 Å². The van der Waals surface area contributed by atoms with Crippen molar-refractivity contribution in [3.05, 3.63) is 40.8 Å². The molecule has 0 spiro atoms. The van der Waals surface area contributed by atoms with Crippen LogP contribution in [0.25, 0.3) is 10.4 Å². The van der Waals surface area contributed by atoms with Crippen molar-refractivity contribution < 1.29 is 4.79 Å². The summed E-state index contributed by atoms with van der Waals surface area (Å²) < 4.78 is 0. The second-order valence-corrected chi connectivity index (χ2v) is 4.66. The first-order valence-electron chi connectivity index (χ1n) is 5.01. The van der Waals surface area contributed by atoms with Crippen molar-refractivity contribution in [2.24, 2.45) is 0 Å². The van der Waals surface area contributed by atoms with Gasteiger partial charge in [-0.05, 0) is 28.6 Å². The summed E-state index contributed by atoms with van der Waals surface area (Å²) >= 11 is 1.67. The summed E-state index contributed by atoms with van der Waals surface area (Å²) in [5.41, 5.74) is 9.16. The number of anilines is 1. The minimum absolute atomic E-state index is 0.0640. The number of thiophene rings is 1. The van der Waals surface area contributed by atoms with Gasteiger partial charge in [0.25, 0.3) is 5.91 Å². The average Bonchev–Trinajstić information content (AvgIpc) is 2.89. The Morgan fingerprint density at radius 3 is 2.94 bits per heavy atom. The third-order valence-corrected chi connectivity index (χ3v) is 3.69. The molecule has 1 amide bonds. The van der Waals surface area contributed by atoms with Gasteiger partial charge in [-0.2, -0.15) is 0 Å². The fraction of sp³-hybridized carbons (Fsp3) is 0.0833. The number of carbonyl (C=O) groups is 1. The Labute approximate surface area is 96.9 Å². The van der Waals surface area contributed by atoms with E-state index in [1.165, 1.54) is 4.88 Å². The number of rotatable bonds is 1. The highest BCUT2D eigenvalue weighted by Crippen LogP contribution is 2.34. The van der Waals surface area contributed by atoms with E-state index in [0.29, 0.717) is 17.8 Å². The van der Waals surface area contributed by atoms with E-state index in [1.54, 1.807) is 17.4 Å². The Bertz CT molecular complexity index is 561. The molecule has 2 heterocycles. The highest BCUT2D eigenvalue weighted by Gasteiger charge is 2.24. The van der Waals surface area contributed by atoms with Crippen molar-refractivity contribution in [2.45, 2.75) is 6.54 Å². The summed E-state index contributed by atoms with van der Waals surface area (Å²) in [5.74, 6) is -0.0640. The zero-order valence-electron chi connectivity index (χ0n) is 8.49. The molecule has 0 fully saturated rings. The maximum absolute atomic E-state index is 11.6. The van der Waals surface area contributed by atoms with Gasteiger partial charge in [-0.1, -0.05) is 12.1 Å². The molecular formula is C12H10N2OS. The monoisotopic (exact) mass is 230 g/mol. The maximum Gasteiger partial charge on any atom is 0.254 e. The highest BCUT2D eigenvalue weighted by atomic mass is 32.1. The first-order valence-corrected chi connectivity index (χ1v) is 5.89. The van der Waals surface area contributed by atoms with Crippen molar-refractivity contribution in [3.63, 3.8) is 0 Å². The van der Waals surface area contributed by atoms with E-state index in [4.69, 9.17) is 5.73 Å². The van der Waals surface area contributed by atoms with Crippen molar-refractivity contribution in [1.29, 1.82) is 0 Å². The number of amides is 1. The molecule has 3 rings (SSSR count). The number of benzene rings is 1. The predicted molar refractivity (Wildman–Crippen MR) is 65.3 cm³/mol. The Morgan fingerprint density at radius 1 is 1.31 bits per heavy atom. The van der Waals surface area contributed by atoms with Gasteiger partial charge in [0.05, 0.1) is 5.56 Å².